The van der Waals surface area contributed by atoms with Gasteiger partial charge >= 0.3 is 12.0 Å². The number of ether oxygens (including phenoxy) is 2. The number of carbonyl (C=O) groups excluding carboxylic acids is 2. The van der Waals surface area contributed by atoms with E-state index in [-0.39, 0.29) is 12.0 Å². The SMILES string of the molecule is CCOc1ccccc1[C@@H]1NC(=O)NC(C)=C1C(=O)OCC1CCCCC1. The summed E-state index contributed by atoms with van der Waals surface area (Å²) in [6, 6.07) is 6.51. The number of urea groups is 1. The first-order valence-electron chi connectivity index (χ1n) is 9.77. The van der Waals surface area contributed by atoms with Crippen LogP contribution in [0.25, 0.3) is 0 Å². The van der Waals surface area contributed by atoms with Gasteiger partial charge in [0.25, 0.3) is 0 Å². The molecule has 1 saturated carbocycles. The molecule has 0 bridgehead atoms. The van der Waals surface area contributed by atoms with Crippen LogP contribution in [-0.2, 0) is 9.53 Å². The highest BCUT2D eigenvalue weighted by Gasteiger charge is 2.34. The van der Waals surface area contributed by atoms with Gasteiger partial charge in [-0.25, -0.2) is 9.59 Å². The average molecular weight is 372 g/mol. The van der Waals surface area contributed by atoms with E-state index >= 15 is 0 Å². The van der Waals surface area contributed by atoms with Crippen molar-refractivity contribution in [2.45, 2.75) is 52.0 Å². The molecule has 1 heterocycles. The van der Waals surface area contributed by atoms with Crippen LogP contribution >= 0.6 is 0 Å². The van der Waals surface area contributed by atoms with Gasteiger partial charge in [0.1, 0.15) is 5.75 Å². The molecule has 1 atom stereocenters. The number of amides is 2. The number of hydrogen-bond acceptors (Lipinski definition) is 4. The van der Waals surface area contributed by atoms with Crippen LogP contribution < -0.4 is 15.4 Å². The van der Waals surface area contributed by atoms with E-state index < -0.39 is 6.04 Å². The van der Waals surface area contributed by atoms with Gasteiger partial charge in [0.05, 0.1) is 24.8 Å². The van der Waals surface area contributed by atoms with E-state index in [0.717, 1.165) is 18.4 Å². The van der Waals surface area contributed by atoms with Crippen LogP contribution in [0.2, 0.25) is 0 Å². The number of benzene rings is 1. The second-order valence-electron chi connectivity index (χ2n) is 7.14. The molecule has 0 aromatic heterocycles. The molecular formula is C21H28N2O4. The smallest absolute Gasteiger partial charge is 0.338 e. The molecule has 6 heteroatoms. The van der Waals surface area contributed by atoms with E-state index in [0.29, 0.717) is 36.2 Å². The first-order chi connectivity index (χ1) is 13.1. The van der Waals surface area contributed by atoms with Crippen molar-refractivity contribution in [1.29, 1.82) is 0 Å². The monoisotopic (exact) mass is 372 g/mol. The molecule has 27 heavy (non-hydrogen) atoms. The van der Waals surface area contributed by atoms with Crippen molar-refractivity contribution in [3.8, 4) is 5.75 Å². The van der Waals surface area contributed by atoms with Crippen LogP contribution in [0.4, 0.5) is 4.79 Å². The second kappa shape index (κ2) is 8.93. The summed E-state index contributed by atoms with van der Waals surface area (Å²) < 4.78 is 11.3. The number of carbonyl (C=O) groups is 2. The zero-order valence-electron chi connectivity index (χ0n) is 16.0. The predicted molar refractivity (Wildman–Crippen MR) is 102 cm³/mol. The van der Waals surface area contributed by atoms with E-state index in [1.54, 1.807) is 6.92 Å². The quantitative estimate of drug-likeness (QED) is 0.744. The Labute approximate surface area is 160 Å². The second-order valence-corrected chi connectivity index (χ2v) is 7.14. The minimum atomic E-state index is -0.597. The fourth-order valence-corrected chi connectivity index (χ4v) is 3.83. The third kappa shape index (κ3) is 4.62. The highest BCUT2D eigenvalue weighted by atomic mass is 16.5. The zero-order chi connectivity index (χ0) is 19.2. The van der Waals surface area contributed by atoms with Crippen molar-refractivity contribution in [1.82, 2.24) is 10.6 Å². The average Bonchev–Trinajstić information content (AvgIpc) is 2.67. The number of rotatable bonds is 6. The minimum absolute atomic E-state index is 0.340. The van der Waals surface area contributed by atoms with Crippen molar-refractivity contribution in [2.75, 3.05) is 13.2 Å². The predicted octanol–water partition coefficient (Wildman–Crippen LogP) is 3.84. The standard InChI is InChI=1S/C21H28N2O4/c1-3-26-17-12-8-7-11-16(17)19-18(14(2)22-21(25)23-19)20(24)27-13-15-9-5-4-6-10-15/h7-8,11-12,15,19H,3-6,9-10,13H2,1-2H3,(H2,22,23,25)/t19-/m0/s1. The van der Waals surface area contributed by atoms with Crippen molar-refractivity contribution in [2.24, 2.45) is 5.92 Å². The molecule has 0 unspecified atom stereocenters. The fourth-order valence-electron chi connectivity index (χ4n) is 3.83. The molecule has 1 aliphatic carbocycles. The van der Waals surface area contributed by atoms with Gasteiger partial charge in [0, 0.05) is 11.3 Å². The lowest BCUT2D eigenvalue weighted by Gasteiger charge is -2.30. The summed E-state index contributed by atoms with van der Waals surface area (Å²) in [7, 11) is 0. The van der Waals surface area contributed by atoms with Gasteiger partial charge in [0.15, 0.2) is 0 Å². The molecular weight excluding hydrogens is 344 g/mol. The molecule has 6 nitrogen and oxygen atoms in total. The van der Waals surface area contributed by atoms with Gasteiger partial charge < -0.3 is 20.1 Å². The molecule has 2 aliphatic rings. The maximum absolute atomic E-state index is 12.9. The normalized spacial score (nSPS) is 20.7. The molecule has 1 aromatic carbocycles. The minimum Gasteiger partial charge on any atom is -0.494 e. The highest BCUT2D eigenvalue weighted by molar-refractivity contribution is 5.95. The van der Waals surface area contributed by atoms with Crippen LogP contribution in [-0.4, -0.2) is 25.2 Å². The van der Waals surface area contributed by atoms with Crippen LogP contribution in [0, 0.1) is 5.92 Å². The van der Waals surface area contributed by atoms with Crippen LogP contribution in [0.15, 0.2) is 35.5 Å². The molecule has 1 aliphatic heterocycles. The van der Waals surface area contributed by atoms with E-state index in [1.165, 1.54) is 19.3 Å². The van der Waals surface area contributed by atoms with Gasteiger partial charge in [-0.15, -0.1) is 0 Å². The highest BCUT2D eigenvalue weighted by Crippen LogP contribution is 2.34. The molecule has 1 fully saturated rings. The Bertz CT molecular complexity index is 723. The maximum atomic E-state index is 12.9. The number of esters is 1. The topological polar surface area (TPSA) is 76.7 Å². The molecule has 1 aromatic rings. The summed E-state index contributed by atoms with van der Waals surface area (Å²) in [4.78, 5) is 24.9. The summed E-state index contributed by atoms with van der Waals surface area (Å²) in [6.45, 7) is 4.56. The van der Waals surface area contributed by atoms with Gasteiger partial charge in [0.2, 0.25) is 0 Å². The summed E-state index contributed by atoms with van der Waals surface area (Å²) in [6.07, 6.45) is 5.88. The van der Waals surface area contributed by atoms with Gasteiger partial charge in [-0.2, -0.15) is 0 Å². The molecule has 146 valence electrons. The Hall–Kier alpha value is -2.50. The lowest BCUT2D eigenvalue weighted by molar-refractivity contribution is -0.141. The number of nitrogens with one attached hydrogen (secondary N) is 2. The van der Waals surface area contributed by atoms with E-state index in [1.807, 2.05) is 31.2 Å². The van der Waals surface area contributed by atoms with E-state index in [4.69, 9.17) is 9.47 Å². The number of allylic oxidation sites excluding steroid dienone is 1. The lowest BCUT2D eigenvalue weighted by atomic mass is 9.90. The Morgan fingerprint density at radius 3 is 2.67 bits per heavy atom. The van der Waals surface area contributed by atoms with Gasteiger partial charge in [-0.3, -0.25) is 0 Å². The molecule has 0 saturated heterocycles. The Morgan fingerprint density at radius 1 is 1.19 bits per heavy atom. The number of para-hydroxylation sites is 1. The first-order valence-corrected chi connectivity index (χ1v) is 9.77. The van der Waals surface area contributed by atoms with Gasteiger partial charge in [-0.05, 0) is 38.7 Å². The summed E-state index contributed by atoms with van der Waals surface area (Å²) in [5.41, 5.74) is 1.69. The maximum Gasteiger partial charge on any atom is 0.338 e. The summed E-state index contributed by atoms with van der Waals surface area (Å²) in [5.74, 6) is 0.698. The Kier molecular flexibility index (Phi) is 6.37. The van der Waals surface area contributed by atoms with Crippen molar-refractivity contribution < 1.29 is 19.1 Å². The molecule has 0 spiro atoms. The molecule has 0 radical (unpaired) electrons. The lowest BCUT2D eigenvalue weighted by Crippen LogP contribution is -2.45. The molecule has 3 rings (SSSR count). The van der Waals surface area contributed by atoms with Crippen molar-refractivity contribution in [3.63, 3.8) is 0 Å². The van der Waals surface area contributed by atoms with Crippen LogP contribution in [0.5, 0.6) is 5.75 Å². The molecule has 2 amide bonds. The summed E-state index contributed by atoms with van der Waals surface area (Å²) in [5, 5.41) is 5.53. The Balaban J connectivity index is 1.82. The van der Waals surface area contributed by atoms with Crippen LogP contribution in [0.3, 0.4) is 0 Å². The third-order valence-corrected chi connectivity index (χ3v) is 5.19. The largest absolute Gasteiger partial charge is 0.494 e. The van der Waals surface area contributed by atoms with E-state index in [2.05, 4.69) is 10.6 Å². The van der Waals surface area contributed by atoms with Crippen LogP contribution in [0.1, 0.15) is 57.6 Å². The fraction of sp³-hybridized carbons (Fsp3) is 0.524. The third-order valence-electron chi connectivity index (χ3n) is 5.19. The zero-order valence-corrected chi connectivity index (χ0v) is 16.0. The Morgan fingerprint density at radius 2 is 1.93 bits per heavy atom. The van der Waals surface area contributed by atoms with Gasteiger partial charge in [-0.1, -0.05) is 37.5 Å². The molecule has 2 N–H and O–H groups in total. The summed E-state index contributed by atoms with van der Waals surface area (Å²) >= 11 is 0. The van der Waals surface area contributed by atoms with E-state index in [9.17, 15) is 9.59 Å². The van der Waals surface area contributed by atoms with Crippen molar-refractivity contribution >= 4 is 12.0 Å². The van der Waals surface area contributed by atoms with Crippen molar-refractivity contribution in [3.05, 3.63) is 41.1 Å². The number of hydrogen-bond donors (Lipinski definition) is 2. The first kappa shape index (κ1) is 19.3.